The Kier molecular flexibility index (Phi) is 6.28. The van der Waals surface area contributed by atoms with Crippen molar-refractivity contribution < 1.29 is 9.59 Å². The molecule has 3 rings (SSSR count). The van der Waals surface area contributed by atoms with Gasteiger partial charge in [0.2, 0.25) is 5.91 Å². The molecule has 28 heavy (non-hydrogen) atoms. The second-order valence-corrected chi connectivity index (χ2v) is 7.14. The first kappa shape index (κ1) is 19.9. The quantitative estimate of drug-likeness (QED) is 0.797. The summed E-state index contributed by atoms with van der Waals surface area (Å²) in [5, 5.41) is 7.04. The van der Waals surface area contributed by atoms with Crippen LogP contribution in [0.5, 0.6) is 0 Å². The number of piperidine rings is 1. The first-order valence-corrected chi connectivity index (χ1v) is 9.73. The highest BCUT2D eigenvalue weighted by Crippen LogP contribution is 2.20. The van der Waals surface area contributed by atoms with Gasteiger partial charge in [0.15, 0.2) is 0 Å². The number of carbonyl (C=O) groups is 2. The minimum atomic E-state index is -0.239. The molecule has 8 heteroatoms. The molecule has 2 heterocycles. The van der Waals surface area contributed by atoms with Gasteiger partial charge in [-0.15, -0.1) is 0 Å². The second kappa shape index (κ2) is 8.86. The Hall–Kier alpha value is -2.90. The first-order chi connectivity index (χ1) is 13.5. The van der Waals surface area contributed by atoms with E-state index in [1.807, 2.05) is 13.0 Å². The standard InChI is InChI=1S/C20H27N5O3/c1-3-25-17(22-23(2)20(25)28)13-15-9-11-24(12-10-15)18(26)14-21-19(27)16-7-5-4-6-8-16/h4-8,15H,3,9-14H2,1-2H3,(H,21,27). The summed E-state index contributed by atoms with van der Waals surface area (Å²) in [7, 11) is 1.67. The van der Waals surface area contributed by atoms with Crippen LogP contribution < -0.4 is 11.0 Å². The molecule has 2 amide bonds. The summed E-state index contributed by atoms with van der Waals surface area (Å²) < 4.78 is 3.09. The number of aryl methyl sites for hydroxylation is 1. The van der Waals surface area contributed by atoms with Gasteiger partial charge in [-0.25, -0.2) is 9.48 Å². The number of nitrogens with zero attached hydrogens (tertiary/aromatic N) is 4. The summed E-state index contributed by atoms with van der Waals surface area (Å²) in [5.74, 6) is 0.910. The Morgan fingerprint density at radius 3 is 2.50 bits per heavy atom. The van der Waals surface area contributed by atoms with Crippen LogP contribution in [0, 0.1) is 5.92 Å². The zero-order valence-corrected chi connectivity index (χ0v) is 16.4. The maximum atomic E-state index is 12.4. The predicted molar refractivity (Wildman–Crippen MR) is 105 cm³/mol. The van der Waals surface area contributed by atoms with E-state index in [0.29, 0.717) is 31.1 Å². The summed E-state index contributed by atoms with van der Waals surface area (Å²) in [5.41, 5.74) is 0.464. The average molecular weight is 385 g/mol. The fraction of sp³-hybridized carbons (Fsp3) is 0.500. The Morgan fingerprint density at radius 1 is 1.18 bits per heavy atom. The van der Waals surface area contributed by atoms with Gasteiger partial charge in [0.1, 0.15) is 5.82 Å². The molecule has 0 unspecified atom stereocenters. The molecule has 8 nitrogen and oxygen atoms in total. The molecule has 1 aliphatic rings. The van der Waals surface area contributed by atoms with Gasteiger partial charge in [-0.1, -0.05) is 18.2 Å². The lowest BCUT2D eigenvalue weighted by Crippen LogP contribution is -2.44. The Labute approximate surface area is 164 Å². The van der Waals surface area contributed by atoms with Crippen molar-refractivity contribution in [3.05, 3.63) is 52.2 Å². The fourth-order valence-corrected chi connectivity index (χ4v) is 3.63. The molecule has 0 radical (unpaired) electrons. The van der Waals surface area contributed by atoms with Crippen LogP contribution in [0.25, 0.3) is 0 Å². The van der Waals surface area contributed by atoms with E-state index >= 15 is 0 Å². The van der Waals surface area contributed by atoms with E-state index in [2.05, 4.69) is 10.4 Å². The Balaban J connectivity index is 1.47. The first-order valence-electron chi connectivity index (χ1n) is 9.73. The highest BCUT2D eigenvalue weighted by molar-refractivity contribution is 5.96. The molecule has 0 aliphatic carbocycles. The van der Waals surface area contributed by atoms with Crippen LogP contribution in [-0.2, 0) is 24.8 Å². The summed E-state index contributed by atoms with van der Waals surface area (Å²) in [4.78, 5) is 38.3. The number of aromatic nitrogens is 3. The molecular formula is C20H27N5O3. The Bertz CT molecular complexity index is 879. The van der Waals surface area contributed by atoms with Gasteiger partial charge < -0.3 is 10.2 Å². The molecule has 0 saturated carbocycles. The van der Waals surface area contributed by atoms with Crippen LogP contribution in [-0.4, -0.2) is 50.7 Å². The number of amides is 2. The lowest BCUT2D eigenvalue weighted by atomic mass is 9.93. The van der Waals surface area contributed by atoms with E-state index in [1.54, 1.807) is 40.8 Å². The van der Waals surface area contributed by atoms with Crippen LogP contribution in [0.1, 0.15) is 35.9 Å². The SMILES string of the molecule is CCn1c(CC2CCN(C(=O)CNC(=O)c3ccccc3)CC2)nn(C)c1=O. The van der Waals surface area contributed by atoms with E-state index in [4.69, 9.17) is 0 Å². The zero-order valence-electron chi connectivity index (χ0n) is 16.4. The van der Waals surface area contributed by atoms with Gasteiger partial charge in [-0.3, -0.25) is 14.2 Å². The number of hydrogen-bond acceptors (Lipinski definition) is 4. The van der Waals surface area contributed by atoms with Crippen LogP contribution in [0.3, 0.4) is 0 Å². The van der Waals surface area contributed by atoms with Gasteiger partial charge in [0, 0.05) is 38.7 Å². The van der Waals surface area contributed by atoms with E-state index in [1.165, 1.54) is 4.68 Å². The van der Waals surface area contributed by atoms with Gasteiger partial charge in [-0.05, 0) is 37.8 Å². The molecule has 0 atom stereocenters. The van der Waals surface area contributed by atoms with Crippen molar-refractivity contribution >= 4 is 11.8 Å². The third-order valence-electron chi connectivity index (χ3n) is 5.28. The van der Waals surface area contributed by atoms with Gasteiger partial charge in [0.25, 0.3) is 5.91 Å². The van der Waals surface area contributed by atoms with Crippen LogP contribution >= 0.6 is 0 Å². The molecule has 1 fully saturated rings. The lowest BCUT2D eigenvalue weighted by Gasteiger charge is -2.32. The summed E-state index contributed by atoms with van der Waals surface area (Å²) in [6.45, 7) is 3.88. The van der Waals surface area contributed by atoms with Crippen molar-refractivity contribution in [3.63, 3.8) is 0 Å². The number of hydrogen-bond donors (Lipinski definition) is 1. The molecule has 0 spiro atoms. The largest absolute Gasteiger partial charge is 0.345 e. The van der Waals surface area contributed by atoms with E-state index in [-0.39, 0.29) is 24.0 Å². The predicted octanol–water partition coefficient (Wildman–Crippen LogP) is 0.813. The van der Waals surface area contributed by atoms with Crippen LogP contribution in [0.2, 0.25) is 0 Å². The summed E-state index contributed by atoms with van der Waals surface area (Å²) >= 11 is 0. The van der Waals surface area contributed by atoms with E-state index in [0.717, 1.165) is 25.1 Å². The number of nitrogens with one attached hydrogen (secondary N) is 1. The van der Waals surface area contributed by atoms with Crippen molar-refractivity contribution in [2.45, 2.75) is 32.7 Å². The third kappa shape index (κ3) is 4.49. The van der Waals surface area contributed by atoms with Crippen LogP contribution in [0.15, 0.2) is 35.1 Å². The van der Waals surface area contributed by atoms with Crippen molar-refractivity contribution in [2.24, 2.45) is 13.0 Å². The number of likely N-dealkylation sites (tertiary alicyclic amines) is 1. The fourth-order valence-electron chi connectivity index (χ4n) is 3.63. The molecule has 1 aromatic heterocycles. The topological polar surface area (TPSA) is 89.2 Å². The summed E-state index contributed by atoms with van der Waals surface area (Å²) in [6, 6.07) is 8.87. The zero-order chi connectivity index (χ0) is 20.1. The smallest absolute Gasteiger partial charge is 0.343 e. The van der Waals surface area contributed by atoms with E-state index < -0.39 is 0 Å². The van der Waals surface area contributed by atoms with Crippen LogP contribution in [0.4, 0.5) is 0 Å². The van der Waals surface area contributed by atoms with Crippen molar-refractivity contribution in [1.29, 1.82) is 0 Å². The molecule has 1 aromatic carbocycles. The van der Waals surface area contributed by atoms with E-state index in [9.17, 15) is 14.4 Å². The van der Waals surface area contributed by atoms with Gasteiger partial charge in [-0.2, -0.15) is 5.10 Å². The molecule has 0 bridgehead atoms. The summed E-state index contributed by atoms with van der Waals surface area (Å²) in [6.07, 6.45) is 2.48. The molecule has 1 saturated heterocycles. The maximum absolute atomic E-state index is 12.4. The van der Waals surface area contributed by atoms with Crippen molar-refractivity contribution in [3.8, 4) is 0 Å². The Morgan fingerprint density at radius 2 is 1.86 bits per heavy atom. The minimum absolute atomic E-state index is 0.00795. The molecule has 1 aliphatic heterocycles. The van der Waals surface area contributed by atoms with Gasteiger partial charge in [0.05, 0.1) is 6.54 Å². The maximum Gasteiger partial charge on any atom is 0.345 e. The normalized spacial score (nSPS) is 14.9. The molecule has 1 N–H and O–H groups in total. The molecule has 2 aromatic rings. The highest BCUT2D eigenvalue weighted by atomic mass is 16.2. The third-order valence-corrected chi connectivity index (χ3v) is 5.28. The lowest BCUT2D eigenvalue weighted by molar-refractivity contribution is -0.131. The van der Waals surface area contributed by atoms with Crippen molar-refractivity contribution in [1.82, 2.24) is 24.6 Å². The minimum Gasteiger partial charge on any atom is -0.343 e. The highest BCUT2D eigenvalue weighted by Gasteiger charge is 2.25. The molecule has 150 valence electrons. The number of rotatable bonds is 6. The number of benzene rings is 1. The number of carbonyl (C=O) groups excluding carboxylic acids is 2. The second-order valence-electron chi connectivity index (χ2n) is 7.14. The average Bonchev–Trinajstić information content (AvgIpc) is 2.99. The van der Waals surface area contributed by atoms with Crippen molar-refractivity contribution in [2.75, 3.05) is 19.6 Å². The monoisotopic (exact) mass is 385 g/mol. The van der Waals surface area contributed by atoms with Gasteiger partial charge >= 0.3 is 5.69 Å². The molecular weight excluding hydrogens is 358 g/mol.